The molecule has 1 aromatic rings. The molecule has 2 unspecified atom stereocenters. The fourth-order valence-electron chi connectivity index (χ4n) is 2.71. The number of rotatable bonds is 4. The zero-order chi connectivity index (χ0) is 14.8. The molecule has 110 valence electrons. The summed E-state index contributed by atoms with van der Waals surface area (Å²) in [6.07, 6.45) is 2.68. The monoisotopic (exact) mass is 294 g/mol. The molecule has 2 atom stereocenters. The Labute approximate surface area is 125 Å². The van der Waals surface area contributed by atoms with Gasteiger partial charge in [0.05, 0.1) is 0 Å². The Bertz CT molecular complexity index is 470. The lowest BCUT2D eigenvalue weighted by atomic mass is 9.84. The molecular weight excluding hydrogens is 272 g/mol. The first-order chi connectivity index (χ1) is 9.38. The normalized spacial score (nSPS) is 22.8. The van der Waals surface area contributed by atoms with Gasteiger partial charge >= 0.3 is 0 Å². The van der Waals surface area contributed by atoms with Gasteiger partial charge in [0.25, 0.3) is 0 Å². The molecule has 4 heteroatoms. The molecule has 0 saturated heterocycles. The van der Waals surface area contributed by atoms with Gasteiger partial charge in [0.2, 0.25) is 5.91 Å². The number of halogens is 1. The van der Waals surface area contributed by atoms with E-state index in [9.17, 15) is 4.79 Å². The molecular formula is C16H23ClN2O. The van der Waals surface area contributed by atoms with Crippen LogP contribution in [-0.2, 0) is 10.2 Å². The summed E-state index contributed by atoms with van der Waals surface area (Å²) in [4.78, 5) is 12.1. The van der Waals surface area contributed by atoms with Crippen LogP contribution in [0, 0.1) is 5.92 Å². The Morgan fingerprint density at radius 3 is 2.55 bits per heavy atom. The lowest BCUT2D eigenvalue weighted by Crippen LogP contribution is -2.39. The predicted molar refractivity (Wildman–Crippen MR) is 82.8 cm³/mol. The summed E-state index contributed by atoms with van der Waals surface area (Å²) in [7, 11) is 0. The molecule has 2 rings (SSSR count). The van der Waals surface area contributed by atoms with Gasteiger partial charge < -0.3 is 11.1 Å². The maximum absolute atomic E-state index is 12.1. The van der Waals surface area contributed by atoms with Gasteiger partial charge in [0, 0.05) is 28.9 Å². The van der Waals surface area contributed by atoms with E-state index in [1.54, 1.807) is 0 Å². The van der Waals surface area contributed by atoms with Crippen LogP contribution in [0.2, 0.25) is 5.02 Å². The highest BCUT2D eigenvalue weighted by atomic mass is 35.5. The zero-order valence-electron chi connectivity index (χ0n) is 12.2. The number of nitrogens with one attached hydrogen (secondary N) is 1. The fraction of sp³-hybridized carbons (Fsp3) is 0.562. The average molecular weight is 295 g/mol. The Morgan fingerprint density at radius 1 is 1.35 bits per heavy atom. The molecule has 0 aliphatic heterocycles. The third-order valence-corrected chi connectivity index (χ3v) is 4.43. The second-order valence-corrected chi connectivity index (χ2v) is 6.82. The highest BCUT2D eigenvalue weighted by Crippen LogP contribution is 2.26. The van der Waals surface area contributed by atoms with Gasteiger partial charge in [-0.05, 0) is 37.0 Å². The van der Waals surface area contributed by atoms with Gasteiger partial charge in [0.15, 0.2) is 0 Å². The van der Waals surface area contributed by atoms with Crippen molar-refractivity contribution in [3.05, 3.63) is 34.9 Å². The minimum Gasteiger partial charge on any atom is -0.355 e. The van der Waals surface area contributed by atoms with Gasteiger partial charge in [-0.1, -0.05) is 37.6 Å². The van der Waals surface area contributed by atoms with E-state index in [0.717, 1.165) is 24.3 Å². The van der Waals surface area contributed by atoms with Crippen molar-refractivity contribution in [2.45, 2.75) is 44.6 Å². The molecule has 0 radical (unpaired) electrons. The van der Waals surface area contributed by atoms with Crippen molar-refractivity contribution in [2.24, 2.45) is 11.7 Å². The number of amides is 1. The molecule has 3 N–H and O–H groups in total. The maximum atomic E-state index is 12.1. The highest BCUT2D eigenvalue weighted by molar-refractivity contribution is 6.30. The largest absolute Gasteiger partial charge is 0.355 e. The van der Waals surface area contributed by atoms with Crippen LogP contribution in [0.15, 0.2) is 24.3 Å². The van der Waals surface area contributed by atoms with Crippen molar-refractivity contribution < 1.29 is 4.79 Å². The van der Waals surface area contributed by atoms with Crippen molar-refractivity contribution in [3.8, 4) is 0 Å². The highest BCUT2D eigenvalue weighted by Gasteiger charge is 2.29. The molecule has 1 aromatic carbocycles. The smallest absolute Gasteiger partial charge is 0.223 e. The van der Waals surface area contributed by atoms with Gasteiger partial charge in [0.1, 0.15) is 0 Å². The minimum atomic E-state index is -0.110. The number of nitrogens with two attached hydrogens (primary N) is 1. The topological polar surface area (TPSA) is 55.1 Å². The van der Waals surface area contributed by atoms with Crippen LogP contribution in [0.3, 0.4) is 0 Å². The van der Waals surface area contributed by atoms with E-state index in [1.807, 2.05) is 24.3 Å². The Kier molecular flexibility index (Phi) is 4.71. The summed E-state index contributed by atoms with van der Waals surface area (Å²) < 4.78 is 0. The van der Waals surface area contributed by atoms with E-state index in [4.69, 9.17) is 17.3 Å². The van der Waals surface area contributed by atoms with E-state index >= 15 is 0 Å². The molecule has 1 aliphatic rings. The molecule has 1 amide bonds. The standard InChI is InChI=1S/C16H23ClN2O/c1-16(2,12-4-6-13(17)7-5-12)10-19-15(20)11-3-8-14(18)9-11/h4-7,11,14H,3,8-10,18H2,1-2H3,(H,19,20). The first kappa shape index (κ1) is 15.3. The molecule has 0 aromatic heterocycles. The summed E-state index contributed by atoms with van der Waals surface area (Å²) in [5.41, 5.74) is 6.92. The fourth-order valence-corrected chi connectivity index (χ4v) is 2.84. The van der Waals surface area contributed by atoms with E-state index in [0.29, 0.717) is 6.54 Å². The van der Waals surface area contributed by atoms with Crippen molar-refractivity contribution in [1.29, 1.82) is 0 Å². The number of hydrogen-bond donors (Lipinski definition) is 2. The van der Waals surface area contributed by atoms with Crippen molar-refractivity contribution in [1.82, 2.24) is 5.32 Å². The molecule has 1 aliphatic carbocycles. The maximum Gasteiger partial charge on any atom is 0.223 e. The Hall–Kier alpha value is -1.06. The van der Waals surface area contributed by atoms with Crippen molar-refractivity contribution in [3.63, 3.8) is 0 Å². The van der Waals surface area contributed by atoms with E-state index in [-0.39, 0.29) is 23.3 Å². The SMILES string of the molecule is CC(C)(CNC(=O)C1CCC(N)C1)c1ccc(Cl)cc1. The van der Waals surface area contributed by atoms with Crippen LogP contribution in [0.5, 0.6) is 0 Å². The number of carbonyl (C=O) groups excluding carboxylic acids is 1. The van der Waals surface area contributed by atoms with Crippen LogP contribution in [0.25, 0.3) is 0 Å². The summed E-state index contributed by atoms with van der Waals surface area (Å²) in [6.45, 7) is 4.87. The zero-order valence-corrected chi connectivity index (χ0v) is 12.9. The Balaban J connectivity index is 1.91. The van der Waals surface area contributed by atoms with Crippen molar-refractivity contribution >= 4 is 17.5 Å². The summed E-state index contributed by atoms with van der Waals surface area (Å²) >= 11 is 5.91. The van der Waals surface area contributed by atoms with E-state index in [2.05, 4.69) is 19.2 Å². The van der Waals surface area contributed by atoms with Crippen LogP contribution in [-0.4, -0.2) is 18.5 Å². The molecule has 0 bridgehead atoms. The number of benzene rings is 1. The molecule has 3 nitrogen and oxygen atoms in total. The number of carbonyl (C=O) groups is 1. The van der Waals surface area contributed by atoms with Gasteiger partial charge in [-0.25, -0.2) is 0 Å². The predicted octanol–water partition coefficient (Wildman–Crippen LogP) is 2.86. The van der Waals surface area contributed by atoms with Crippen LogP contribution >= 0.6 is 11.6 Å². The van der Waals surface area contributed by atoms with Crippen molar-refractivity contribution in [2.75, 3.05) is 6.54 Å². The van der Waals surface area contributed by atoms with E-state index in [1.165, 1.54) is 5.56 Å². The second kappa shape index (κ2) is 6.15. The van der Waals surface area contributed by atoms with Gasteiger partial charge in [-0.15, -0.1) is 0 Å². The average Bonchev–Trinajstić information content (AvgIpc) is 2.83. The van der Waals surface area contributed by atoms with Crippen LogP contribution < -0.4 is 11.1 Å². The number of hydrogen-bond acceptors (Lipinski definition) is 2. The van der Waals surface area contributed by atoms with Crippen LogP contribution in [0.1, 0.15) is 38.7 Å². The quantitative estimate of drug-likeness (QED) is 0.897. The third kappa shape index (κ3) is 3.74. The first-order valence-electron chi connectivity index (χ1n) is 7.18. The molecule has 1 fully saturated rings. The molecule has 20 heavy (non-hydrogen) atoms. The van der Waals surface area contributed by atoms with Gasteiger partial charge in [-0.3, -0.25) is 4.79 Å². The summed E-state index contributed by atoms with van der Waals surface area (Å²) in [6, 6.07) is 7.99. The molecule has 0 heterocycles. The lowest BCUT2D eigenvalue weighted by Gasteiger charge is -2.26. The van der Waals surface area contributed by atoms with Crippen LogP contribution in [0.4, 0.5) is 0 Å². The second-order valence-electron chi connectivity index (χ2n) is 6.38. The lowest BCUT2D eigenvalue weighted by molar-refractivity contribution is -0.125. The molecule has 1 saturated carbocycles. The molecule has 0 spiro atoms. The van der Waals surface area contributed by atoms with E-state index < -0.39 is 0 Å². The summed E-state index contributed by atoms with van der Waals surface area (Å²) in [5, 5.41) is 3.80. The summed E-state index contributed by atoms with van der Waals surface area (Å²) in [5.74, 6) is 0.228. The minimum absolute atomic E-state index is 0.0889. The van der Waals surface area contributed by atoms with Gasteiger partial charge in [-0.2, -0.15) is 0 Å². The third-order valence-electron chi connectivity index (χ3n) is 4.17. The Morgan fingerprint density at radius 2 is 2.00 bits per heavy atom. The first-order valence-corrected chi connectivity index (χ1v) is 7.55.